The van der Waals surface area contributed by atoms with Crippen LogP contribution in [0.25, 0.3) is 0 Å². The Bertz CT molecular complexity index is 562. The van der Waals surface area contributed by atoms with Gasteiger partial charge < -0.3 is 20.3 Å². The van der Waals surface area contributed by atoms with Crippen LogP contribution in [0.5, 0.6) is 0 Å². The summed E-state index contributed by atoms with van der Waals surface area (Å²) >= 11 is 0. The molecule has 1 aromatic carbocycles. The predicted octanol–water partition coefficient (Wildman–Crippen LogP) is 2.37. The Hall–Kier alpha value is -2.08. The second kappa shape index (κ2) is 9.42. The van der Waals surface area contributed by atoms with Gasteiger partial charge in [0.15, 0.2) is 0 Å². The Labute approximate surface area is 149 Å². The Balaban J connectivity index is 1.98. The maximum Gasteiger partial charge on any atom is 0.410 e. The van der Waals surface area contributed by atoms with Crippen molar-refractivity contribution in [2.45, 2.75) is 51.8 Å². The molecule has 6 nitrogen and oxygen atoms in total. The van der Waals surface area contributed by atoms with Crippen LogP contribution < -0.4 is 5.73 Å². The minimum absolute atomic E-state index is 0.0000264. The Morgan fingerprint density at radius 1 is 1.28 bits per heavy atom. The van der Waals surface area contributed by atoms with Gasteiger partial charge in [-0.1, -0.05) is 30.3 Å². The van der Waals surface area contributed by atoms with Crippen molar-refractivity contribution in [1.82, 2.24) is 9.80 Å². The molecule has 1 fully saturated rings. The van der Waals surface area contributed by atoms with Crippen LogP contribution in [0.1, 0.15) is 38.7 Å². The number of benzene rings is 1. The number of hydrogen-bond donors (Lipinski definition) is 1. The maximum absolute atomic E-state index is 12.6. The van der Waals surface area contributed by atoms with E-state index in [2.05, 4.69) is 0 Å². The number of rotatable bonds is 6. The molecule has 0 unspecified atom stereocenters. The fourth-order valence-corrected chi connectivity index (χ4v) is 3.16. The van der Waals surface area contributed by atoms with Crippen molar-refractivity contribution in [2.75, 3.05) is 19.6 Å². The fourth-order valence-electron chi connectivity index (χ4n) is 3.16. The zero-order valence-corrected chi connectivity index (χ0v) is 15.2. The van der Waals surface area contributed by atoms with Crippen LogP contribution in [0.2, 0.25) is 0 Å². The highest BCUT2D eigenvalue weighted by Gasteiger charge is 2.30. The summed E-state index contributed by atoms with van der Waals surface area (Å²) in [7, 11) is 0. The molecule has 6 heteroatoms. The number of hydrogen-bond acceptors (Lipinski definition) is 4. The molecule has 1 aromatic rings. The van der Waals surface area contributed by atoms with Crippen molar-refractivity contribution < 1.29 is 14.3 Å². The van der Waals surface area contributed by atoms with Crippen molar-refractivity contribution >= 4 is 12.0 Å². The van der Waals surface area contributed by atoms with E-state index < -0.39 is 0 Å². The summed E-state index contributed by atoms with van der Waals surface area (Å²) in [4.78, 5) is 28.2. The highest BCUT2D eigenvalue weighted by molar-refractivity contribution is 5.78. The molecule has 0 spiro atoms. The van der Waals surface area contributed by atoms with E-state index in [1.54, 1.807) is 4.90 Å². The average Bonchev–Trinajstić information content (AvgIpc) is 2.64. The van der Waals surface area contributed by atoms with Gasteiger partial charge in [0.2, 0.25) is 5.91 Å². The van der Waals surface area contributed by atoms with Crippen molar-refractivity contribution in [3.05, 3.63) is 35.9 Å². The van der Waals surface area contributed by atoms with Gasteiger partial charge >= 0.3 is 6.09 Å². The lowest BCUT2D eigenvalue weighted by molar-refractivity contribution is -0.133. The van der Waals surface area contributed by atoms with Gasteiger partial charge in [0.05, 0.1) is 6.54 Å². The van der Waals surface area contributed by atoms with Gasteiger partial charge in [-0.2, -0.15) is 0 Å². The lowest BCUT2D eigenvalue weighted by atomic mass is 10.0. The molecule has 1 atom stereocenters. The van der Waals surface area contributed by atoms with Crippen molar-refractivity contribution in [1.29, 1.82) is 0 Å². The van der Waals surface area contributed by atoms with Crippen molar-refractivity contribution in [3.63, 3.8) is 0 Å². The number of piperidine rings is 1. The topological polar surface area (TPSA) is 75.9 Å². The summed E-state index contributed by atoms with van der Waals surface area (Å²) in [5.74, 6) is -0.0499. The SMILES string of the molecule is CC(C)N(C[C@H]1CCCCN1C(=O)CN)C(=O)OCc1ccccc1. The average molecular weight is 347 g/mol. The third kappa shape index (κ3) is 5.46. The highest BCUT2D eigenvalue weighted by atomic mass is 16.6. The number of amides is 2. The molecule has 1 aliphatic rings. The molecule has 2 amide bonds. The smallest absolute Gasteiger partial charge is 0.410 e. The number of carbonyl (C=O) groups excluding carboxylic acids is 2. The van der Waals surface area contributed by atoms with E-state index in [4.69, 9.17) is 10.5 Å². The standard InChI is InChI=1S/C19H29N3O3/c1-15(2)22(19(24)25-14-16-8-4-3-5-9-16)13-17-10-6-7-11-21(17)18(23)12-20/h3-5,8-9,15,17H,6-7,10-14,20H2,1-2H3/t17-/m1/s1. The quantitative estimate of drug-likeness (QED) is 0.857. The zero-order chi connectivity index (χ0) is 18.2. The first-order valence-corrected chi connectivity index (χ1v) is 8.99. The monoisotopic (exact) mass is 347 g/mol. The van der Waals surface area contributed by atoms with Gasteiger partial charge in [0.1, 0.15) is 6.61 Å². The highest BCUT2D eigenvalue weighted by Crippen LogP contribution is 2.19. The zero-order valence-electron chi connectivity index (χ0n) is 15.2. The molecule has 0 bridgehead atoms. The first kappa shape index (κ1) is 19.2. The molecular weight excluding hydrogens is 318 g/mol. The Morgan fingerprint density at radius 2 is 2.00 bits per heavy atom. The molecule has 2 rings (SSSR count). The van der Waals surface area contributed by atoms with E-state index in [-0.39, 0.29) is 37.2 Å². The largest absolute Gasteiger partial charge is 0.445 e. The van der Waals surface area contributed by atoms with Crippen LogP contribution in [-0.2, 0) is 16.1 Å². The number of nitrogens with zero attached hydrogens (tertiary/aromatic N) is 2. The molecule has 25 heavy (non-hydrogen) atoms. The van der Waals surface area contributed by atoms with E-state index >= 15 is 0 Å². The second-order valence-electron chi connectivity index (χ2n) is 6.73. The van der Waals surface area contributed by atoms with E-state index in [0.717, 1.165) is 24.8 Å². The molecule has 1 aliphatic heterocycles. The molecule has 1 heterocycles. The summed E-state index contributed by atoms with van der Waals surface area (Å²) in [6.07, 6.45) is 2.59. The third-order valence-corrected chi connectivity index (χ3v) is 4.59. The Kier molecular flexibility index (Phi) is 7.25. The van der Waals surface area contributed by atoms with E-state index in [1.165, 1.54) is 0 Å². The Morgan fingerprint density at radius 3 is 2.64 bits per heavy atom. The minimum atomic E-state index is -0.343. The minimum Gasteiger partial charge on any atom is -0.445 e. The molecule has 1 saturated heterocycles. The van der Waals surface area contributed by atoms with Crippen LogP contribution in [0, 0.1) is 0 Å². The number of carbonyl (C=O) groups is 2. The van der Waals surface area contributed by atoms with Crippen LogP contribution in [0.15, 0.2) is 30.3 Å². The van der Waals surface area contributed by atoms with Gasteiger partial charge in [-0.3, -0.25) is 4.79 Å². The third-order valence-electron chi connectivity index (χ3n) is 4.59. The van der Waals surface area contributed by atoms with Gasteiger partial charge in [-0.05, 0) is 38.7 Å². The predicted molar refractivity (Wildman–Crippen MR) is 96.9 cm³/mol. The van der Waals surface area contributed by atoms with E-state index in [1.807, 2.05) is 49.1 Å². The first-order chi connectivity index (χ1) is 12.0. The molecule has 0 aliphatic carbocycles. The molecular formula is C19H29N3O3. The number of ether oxygens (including phenoxy) is 1. The van der Waals surface area contributed by atoms with E-state index in [9.17, 15) is 9.59 Å². The molecule has 2 N–H and O–H groups in total. The summed E-state index contributed by atoms with van der Waals surface area (Å²) in [6.45, 7) is 5.38. The van der Waals surface area contributed by atoms with Crippen molar-refractivity contribution in [3.8, 4) is 0 Å². The van der Waals surface area contributed by atoms with Crippen LogP contribution >= 0.6 is 0 Å². The summed E-state index contributed by atoms with van der Waals surface area (Å²) in [5, 5.41) is 0. The molecule has 138 valence electrons. The second-order valence-corrected chi connectivity index (χ2v) is 6.73. The molecule has 0 aromatic heterocycles. The summed E-state index contributed by atoms with van der Waals surface area (Å²) < 4.78 is 5.47. The van der Waals surface area contributed by atoms with Gasteiger partial charge in [-0.25, -0.2) is 4.79 Å². The van der Waals surface area contributed by atoms with Crippen LogP contribution in [-0.4, -0.2) is 53.5 Å². The van der Waals surface area contributed by atoms with Crippen LogP contribution in [0.4, 0.5) is 4.79 Å². The fraction of sp³-hybridized carbons (Fsp3) is 0.579. The summed E-state index contributed by atoms with van der Waals surface area (Å²) in [5.41, 5.74) is 6.49. The molecule has 0 radical (unpaired) electrons. The normalized spacial score (nSPS) is 17.4. The van der Waals surface area contributed by atoms with Crippen LogP contribution in [0.3, 0.4) is 0 Å². The lowest BCUT2D eigenvalue weighted by Crippen LogP contribution is -2.53. The van der Waals surface area contributed by atoms with Gasteiger partial charge in [-0.15, -0.1) is 0 Å². The number of likely N-dealkylation sites (tertiary alicyclic amines) is 1. The lowest BCUT2D eigenvalue weighted by Gasteiger charge is -2.39. The molecule has 0 saturated carbocycles. The first-order valence-electron chi connectivity index (χ1n) is 8.99. The summed E-state index contributed by atoms with van der Waals surface area (Å²) in [6, 6.07) is 9.63. The number of nitrogens with two attached hydrogens (primary N) is 1. The van der Waals surface area contributed by atoms with Crippen molar-refractivity contribution in [2.24, 2.45) is 5.73 Å². The van der Waals surface area contributed by atoms with Gasteiger partial charge in [0, 0.05) is 25.2 Å². The van der Waals surface area contributed by atoms with E-state index in [0.29, 0.717) is 13.1 Å². The van der Waals surface area contributed by atoms with Gasteiger partial charge in [0.25, 0.3) is 0 Å². The maximum atomic E-state index is 12.6.